The average Bonchev–Trinajstić information content (AvgIpc) is 3.03. The fourth-order valence-corrected chi connectivity index (χ4v) is 2.45. The van der Waals surface area contributed by atoms with Crippen LogP contribution < -0.4 is 0 Å². The lowest BCUT2D eigenvalue weighted by molar-refractivity contribution is 0.0589. The van der Waals surface area contributed by atoms with Crippen LogP contribution >= 0.6 is 0 Å². The van der Waals surface area contributed by atoms with Crippen molar-refractivity contribution in [2.24, 2.45) is 0 Å². The fraction of sp³-hybridized carbons (Fsp3) is 0.133. The van der Waals surface area contributed by atoms with Gasteiger partial charge in [-0.1, -0.05) is 0 Å². The summed E-state index contributed by atoms with van der Waals surface area (Å²) in [6, 6.07) is 2.59. The summed E-state index contributed by atoms with van der Waals surface area (Å²) in [5.74, 6) is -3.06. The SMILES string of the molecule is COC(=O)c1cc2c([nH]1)-c1c(C(=O)OC)ccnc1C(=O)C2=O. The monoisotopic (exact) mass is 314 g/mol. The van der Waals surface area contributed by atoms with Crippen LogP contribution in [0.4, 0.5) is 0 Å². The van der Waals surface area contributed by atoms with Crippen LogP contribution in [-0.4, -0.2) is 47.7 Å². The molecule has 2 aromatic heterocycles. The number of ketones is 2. The summed E-state index contributed by atoms with van der Waals surface area (Å²) in [6.07, 6.45) is 1.24. The van der Waals surface area contributed by atoms with Crippen molar-refractivity contribution in [1.82, 2.24) is 9.97 Å². The molecule has 1 N–H and O–H groups in total. The van der Waals surface area contributed by atoms with Gasteiger partial charge in [0.15, 0.2) is 0 Å². The Morgan fingerprint density at radius 3 is 2.43 bits per heavy atom. The molecule has 2 aromatic rings. The maximum atomic E-state index is 12.2. The molecule has 0 aliphatic heterocycles. The Kier molecular flexibility index (Phi) is 3.29. The summed E-state index contributed by atoms with van der Waals surface area (Å²) in [5.41, 5.74) is 0.182. The highest BCUT2D eigenvalue weighted by Crippen LogP contribution is 2.35. The van der Waals surface area contributed by atoms with Crippen LogP contribution in [0, 0.1) is 0 Å². The Bertz CT molecular complexity index is 880. The quantitative estimate of drug-likeness (QED) is 0.650. The molecule has 0 radical (unpaired) electrons. The van der Waals surface area contributed by atoms with E-state index in [-0.39, 0.29) is 33.8 Å². The standard InChI is InChI=1S/C15H10N2O6/c1-22-14(20)6-3-4-16-11-9(6)10-7(12(18)13(11)19)5-8(17-10)15(21)23-2/h3-5,17H,1-2H3. The Morgan fingerprint density at radius 2 is 1.78 bits per heavy atom. The Hall–Kier alpha value is -3.29. The smallest absolute Gasteiger partial charge is 0.354 e. The van der Waals surface area contributed by atoms with E-state index in [0.29, 0.717) is 0 Å². The molecule has 1 aliphatic rings. The molecule has 0 saturated carbocycles. The van der Waals surface area contributed by atoms with Gasteiger partial charge in [-0.05, 0) is 12.1 Å². The first kappa shape index (κ1) is 14.6. The van der Waals surface area contributed by atoms with Crippen LogP contribution in [0.5, 0.6) is 0 Å². The zero-order valence-electron chi connectivity index (χ0n) is 12.1. The first-order chi connectivity index (χ1) is 11.0. The summed E-state index contributed by atoms with van der Waals surface area (Å²) in [4.78, 5) is 54.6. The number of carbonyl (C=O) groups excluding carboxylic acids is 4. The minimum Gasteiger partial charge on any atom is -0.465 e. The Balaban J connectivity index is 2.33. The number of fused-ring (bicyclic) bond motifs is 3. The number of pyridine rings is 1. The van der Waals surface area contributed by atoms with E-state index in [1.54, 1.807) is 0 Å². The van der Waals surface area contributed by atoms with Crippen molar-refractivity contribution in [3.05, 3.63) is 40.8 Å². The summed E-state index contributed by atoms with van der Waals surface area (Å²) in [6.45, 7) is 0. The molecule has 23 heavy (non-hydrogen) atoms. The fourth-order valence-electron chi connectivity index (χ4n) is 2.45. The van der Waals surface area contributed by atoms with Gasteiger partial charge in [-0.3, -0.25) is 14.6 Å². The number of rotatable bonds is 2. The highest BCUT2D eigenvalue weighted by atomic mass is 16.5. The van der Waals surface area contributed by atoms with Crippen molar-refractivity contribution in [2.45, 2.75) is 0 Å². The van der Waals surface area contributed by atoms with Crippen molar-refractivity contribution in [1.29, 1.82) is 0 Å². The van der Waals surface area contributed by atoms with Crippen molar-refractivity contribution < 1.29 is 28.7 Å². The number of hydrogen-bond donors (Lipinski definition) is 1. The van der Waals surface area contributed by atoms with Crippen LogP contribution in [0.15, 0.2) is 18.3 Å². The van der Waals surface area contributed by atoms with Gasteiger partial charge in [-0.2, -0.15) is 0 Å². The van der Waals surface area contributed by atoms with Gasteiger partial charge in [-0.25, -0.2) is 9.59 Å². The molecule has 1 aliphatic carbocycles. The third-order valence-electron chi connectivity index (χ3n) is 3.50. The van der Waals surface area contributed by atoms with Gasteiger partial charge in [-0.15, -0.1) is 0 Å². The second-order valence-corrected chi connectivity index (χ2v) is 4.70. The highest BCUT2D eigenvalue weighted by molar-refractivity contribution is 6.52. The third kappa shape index (κ3) is 2.03. The maximum absolute atomic E-state index is 12.2. The van der Waals surface area contributed by atoms with E-state index in [1.165, 1.54) is 32.5 Å². The van der Waals surface area contributed by atoms with Gasteiger partial charge in [0, 0.05) is 11.8 Å². The maximum Gasteiger partial charge on any atom is 0.354 e. The molecule has 0 saturated heterocycles. The number of carbonyl (C=O) groups is 4. The molecule has 0 amide bonds. The number of Topliss-reactive ketones (excluding diaryl/α,β-unsaturated/α-hetero) is 2. The van der Waals surface area contributed by atoms with Crippen molar-refractivity contribution in [3.8, 4) is 11.3 Å². The number of nitrogens with one attached hydrogen (secondary N) is 1. The number of esters is 2. The van der Waals surface area contributed by atoms with Crippen LogP contribution in [0.25, 0.3) is 11.3 Å². The van der Waals surface area contributed by atoms with Crippen LogP contribution in [-0.2, 0) is 9.47 Å². The number of aromatic nitrogens is 2. The minimum absolute atomic E-state index is 0.00818. The summed E-state index contributed by atoms with van der Waals surface area (Å²) >= 11 is 0. The van der Waals surface area contributed by atoms with E-state index in [2.05, 4.69) is 19.4 Å². The molecular weight excluding hydrogens is 304 g/mol. The van der Waals surface area contributed by atoms with E-state index >= 15 is 0 Å². The van der Waals surface area contributed by atoms with Gasteiger partial charge >= 0.3 is 11.9 Å². The normalized spacial score (nSPS) is 12.4. The number of methoxy groups -OCH3 is 2. The van der Waals surface area contributed by atoms with E-state index in [4.69, 9.17) is 0 Å². The van der Waals surface area contributed by atoms with Crippen molar-refractivity contribution in [3.63, 3.8) is 0 Å². The average molecular weight is 314 g/mol. The van der Waals surface area contributed by atoms with Gasteiger partial charge in [0.1, 0.15) is 11.4 Å². The predicted octanol–water partition coefficient (Wildman–Crippen LogP) is 1.03. The van der Waals surface area contributed by atoms with E-state index < -0.39 is 23.5 Å². The van der Waals surface area contributed by atoms with Gasteiger partial charge in [0.2, 0.25) is 5.78 Å². The molecule has 2 heterocycles. The zero-order valence-corrected chi connectivity index (χ0v) is 12.1. The molecule has 0 bridgehead atoms. The largest absolute Gasteiger partial charge is 0.465 e. The molecule has 0 fully saturated rings. The Morgan fingerprint density at radius 1 is 1.09 bits per heavy atom. The van der Waals surface area contributed by atoms with Crippen LogP contribution in [0.2, 0.25) is 0 Å². The molecular formula is C15H10N2O6. The zero-order chi connectivity index (χ0) is 16.7. The van der Waals surface area contributed by atoms with Crippen LogP contribution in [0.1, 0.15) is 41.7 Å². The number of ether oxygens (including phenoxy) is 2. The molecule has 0 spiro atoms. The number of nitrogens with zero attached hydrogens (tertiary/aromatic N) is 1. The lowest BCUT2D eigenvalue weighted by atomic mass is 9.89. The minimum atomic E-state index is -0.853. The van der Waals surface area contributed by atoms with Crippen molar-refractivity contribution in [2.75, 3.05) is 14.2 Å². The molecule has 8 heteroatoms. The van der Waals surface area contributed by atoms with Gasteiger partial charge in [0.25, 0.3) is 5.78 Å². The second kappa shape index (κ2) is 5.16. The molecule has 116 valence electrons. The van der Waals surface area contributed by atoms with E-state index in [1.807, 2.05) is 0 Å². The van der Waals surface area contributed by atoms with E-state index in [9.17, 15) is 19.2 Å². The van der Waals surface area contributed by atoms with Gasteiger partial charge in [0.05, 0.1) is 31.0 Å². The second-order valence-electron chi connectivity index (χ2n) is 4.70. The first-order valence-corrected chi connectivity index (χ1v) is 6.47. The third-order valence-corrected chi connectivity index (χ3v) is 3.50. The summed E-state index contributed by atoms with van der Waals surface area (Å²) < 4.78 is 9.28. The van der Waals surface area contributed by atoms with Gasteiger partial charge < -0.3 is 14.5 Å². The van der Waals surface area contributed by atoms with Crippen LogP contribution in [0.3, 0.4) is 0 Å². The summed E-state index contributed by atoms with van der Waals surface area (Å²) in [7, 11) is 2.38. The number of hydrogen-bond acceptors (Lipinski definition) is 7. The molecule has 8 nitrogen and oxygen atoms in total. The predicted molar refractivity (Wildman–Crippen MR) is 75.4 cm³/mol. The lowest BCUT2D eigenvalue weighted by Crippen LogP contribution is -2.23. The molecule has 0 atom stereocenters. The first-order valence-electron chi connectivity index (χ1n) is 6.47. The lowest BCUT2D eigenvalue weighted by Gasteiger charge is -2.16. The van der Waals surface area contributed by atoms with Crippen molar-refractivity contribution >= 4 is 23.5 Å². The topological polar surface area (TPSA) is 115 Å². The number of aromatic amines is 1. The highest BCUT2D eigenvalue weighted by Gasteiger charge is 2.37. The molecule has 3 rings (SSSR count). The number of H-pyrrole nitrogens is 1. The summed E-state index contributed by atoms with van der Waals surface area (Å²) in [5, 5.41) is 0. The Labute approximate surface area is 129 Å². The molecule has 0 aromatic carbocycles. The molecule has 0 unspecified atom stereocenters. The van der Waals surface area contributed by atoms with E-state index in [0.717, 1.165) is 0 Å².